The summed E-state index contributed by atoms with van der Waals surface area (Å²) in [5.74, 6) is 0.818. The molecule has 0 amide bonds. The Morgan fingerprint density at radius 3 is 2.20 bits per heavy atom. The van der Waals surface area contributed by atoms with Gasteiger partial charge in [0.2, 0.25) is 0 Å². The van der Waals surface area contributed by atoms with E-state index in [0.717, 1.165) is 25.0 Å². The maximum absolute atomic E-state index is 11.2. The molecule has 0 aliphatic heterocycles. The van der Waals surface area contributed by atoms with Crippen molar-refractivity contribution < 1.29 is 4.21 Å². The molecule has 0 aromatic rings. The van der Waals surface area contributed by atoms with Gasteiger partial charge in [0.25, 0.3) is 0 Å². The molecule has 0 heterocycles. The molecule has 62 valence electrons. The molecule has 2 heteroatoms. The normalized spacial score (nSPS) is 16.7. The molecule has 2 atom stereocenters. The van der Waals surface area contributed by atoms with Crippen LogP contribution >= 0.6 is 0 Å². The highest BCUT2D eigenvalue weighted by molar-refractivity contribution is 7.85. The van der Waals surface area contributed by atoms with Gasteiger partial charge in [-0.25, -0.2) is 0 Å². The third-order valence-electron chi connectivity index (χ3n) is 1.72. The summed E-state index contributed by atoms with van der Waals surface area (Å²) in [4.78, 5) is 0. The molecule has 0 aromatic heterocycles. The maximum Gasteiger partial charge on any atom is 0.0345 e. The topological polar surface area (TPSA) is 17.1 Å². The van der Waals surface area contributed by atoms with Crippen LogP contribution in [-0.2, 0) is 10.8 Å². The molecule has 0 saturated heterocycles. The molecule has 1 nitrogen and oxygen atoms in total. The van der Waals surface area contributed by atoms with E-state index < -0.39 is 10.8 Å². The lowest BCUT2D eigenvalue weighted by Crippen LogP contribution is -2.15. The van der Waals surface area contributed by atoms with E-state index in [0.29, 0.717) is 5.25 Å². The Balaban J connectivity index is 3.68. The Labute approximate surface area is 66.7 Å². The number of rotatable bonds is 5. The summed E-state index contributed by atoms with van der Waals surface area (Å²) < 4.78 is 11.2. The SMILES string of the molecule is CCCC(CC)S(=O)CC. The van der Waals surface area contributed by atoms with Crippen molar-refractivity contribution in [1.29, 1.82) is 0 Å². The smallest absolute Gasteiger partial charge is 0.0345 e. The zero-order valence-electron chi connectivity index (χ0n) is 7.22. The Bertz CT molecular complexity index is 101. The first kappa shape index (κ1) is 10.2. The minimum absolute atomic E-state index is 0.454. The standard InChI is InChI=1S/C8H18OS/c1-4-7-8(5-2)10(9)6-3/h8H,4-7H2,1-3H3. The molecule has 2 unspecified atom stereocenters. The second-order valence-electron chi connectivity index (χ2n) is 2.49. The fraction of sp³-hybridized carbons (Fsp3) is 1.00. The first-order valence-electron chi connectivity index (χ1n) is 4.13. The Morgan fingerprint density at radius 2 is 1.90 bits per heavy atom. The van der Waals surface area contributed by atoms with E-state index in [-0.39, 0.29) is 0 Å². The molecular formula is C8H18OS. The lowest BCUT2D eigenvalue weighted by molar-refractivity contribution is 0.644. The van der Waals surface area contributed by atoms with E-state index >= 15 is 0 Å². The zero-order chi connectivity index (χ0) is 7.98. The van der Waals surface area contributed by atoms with E-state index in [1.54, 1.807) is 0 Å². The van der Waals surface area contributed by atoms with Crippen LogP contribution in [0.25, 0.3) is 0 Å². The quantitative estimate of drug-likeness (QED) is 0.606. The van der Waals surface area contributed by atoms with E-state index in [4.69, 9.17) is 0 Å². The van der Waals surface area contributed by atoms with Gasteiger partial charge in [0.1, 0.15) is 0 Å². The molecule has 0 bridgehead atoms. The largest absolute Gasteiger partial charge is 0.259 e. The monoisotopic (exact) mass is 162 g/mol. The Hall–Kier alpha value is 0.150. The molecule has 10 heavy (non-hydrogen) atoms. The minimum atomic E-state index is -0.565. The van der Waals surface area contributed by atoms with Gasteiger partial charge in [-0.05, 0) is 12.8 Å². The molecule has 0 radical (unpaired) electrons. The summed E-state index contributed by atoms with van der Waals surface area (Å²) in [6.45, 7) is 6.26. The van der Waals surface area contributed by atoms with Gasteiger partial charge in [0.05, 0.1) is 0 Å². The summed E-state index contributed by atoms with van der Waals surface area (Å²) in [5.41, 5.74) is 0. The molecule has 0 spiro atoms. The number of hydrogen-bond donors (Lipinski definition) is 0. The summed E-state index contributed by atoms with van der Waals surface area (Å²) >= 11 is 0. The van der Waals surface area contributed by atoms with Crippen molar-refractivity contribution in [1.82, 2.24) is 0 Å². The van der Waals surface area contributed by atoms with Crippen LogP contribution in [0.15, 0.2) is 0 Å². The first-order chi connectivity index (χ1) is 4.76. The Kier molecular flexibility index (Phi) is 5.99. The Morgan fingerprint density at radius 1 is 1.30 bits per heavy atom. The van der Waals surface area contributed by atoms with Crippen LogP contribution < -0.4 is 0 Å². The van der Waals surface area contributed by atoms with Crippen molar-refractivity contribution in [2.75, 3.05) is 5.75 Å². The summed E-state index contributed by atoms with van der Waals surface area (Å²) in [5, 5.41) is 0.454. The minimum Gasteiger partial charge on any atom is -0.259 e. The average Bonchev–Trinajstić information content (AvgIpc) is 1.99. The number of hydrogen-bond acceptors (Lipinski definition) is 1. The van der Waals surface area contributed by atoms with Crippen molar-refractivity contribution >= 4 is 10.8 Å². The van der Waals surface area contributed by atoms with Gasteiger partial charge in [0, 0.05) is 21.8 Å². The third kappa shape index (κ3) is 3.35. The van der Waals surface area contributed by atoms with Crippen LogP contribution in [-0.4, -0.2) is 15.2 Å². The molecular weight excluding hydrogens is 144 g/mol. The van der Waals surface area contributed by atoms with Crippen molar-refractivity contribution in [3.8, 4) is 0 Å². The lowest BCUT2D eigenvalue weighted by Gasteiger charge is -2.10. The van der Waals surface area contributed by atoms with Crippen molar-refractivity contribution in [2.24, 2.45) is 0 Å². The van der Waals surface area contributed by atoms with Crippen LogP contribution in [0, 0.1) is 0 Å². The fourth-order valence-corrected chi connectivity index (χ4v) is 2.42. The second kappa shape index (κ2) is 5.90. The molecule has 0 rings (SSSR count). The average molecular weight is 162 g/mol. The first-order valence-corrected chi connectivity index (χ1v) is 5.51. The van der Waals surface area contributed by atoms with Crippen LogP contribution in [0.2, 0.25) is 0 Å². The van der Waals surface area contributed by atoms with Gasteiger partial charge < -0.3 is 0 Å². The van der Waals surface area contributed by atoms with Gasteiger partial charge in [-0.3, -0.25) is 4.21 Å². The highest BCUT2D eigenvalue weighted by atomic mass is 32.2. The molecule has 0 aliphatic rings. The van der Waals surface area contributed by atoms with E-state index in [2.05, 4.69) is 13.8 Å². The van der Waals surface area contributed by atoms with Gasteiger partial charge in [-0.2, -0.15) is 0 Å². The van der Waals surface area contributed by atoms with Crippen LogP contribution in [0.4, 0.5) is 0 Å². The van der Waals surface area contributed by atoms with Gasteiger partial charge in [-0.1, -0.05) is 27.2 Å². The lowest BCUT2D eigenvalue weighted by atomic mass is 10.2. The molecule has 0 fully saturated rings. The predicted octanol–water partition coefficient (Wildman–Crippen LogP) is 2.33. The maximum atomic E-state index is 11.2. The molecule has 0 saturated carbocycles. The molecule has 0 aromatic carbocycles. The summed E-state index contributed by atoms with van der Waals surface area (Å²) in [6, 6.07) is 0. The van der Waals surface area contributed by atoms with Gasteiger partial charge in [0.15, 0.2) is 0 Å². The van der Waals surface area contributed by atoms with Crippen molar-refractivity contribution in [3.63, 3.8) is 0 Å². The van der Waals surface area contributed by atoms with Crippen molar-refractivity contribution in [3.05, 3.63) is 0 Å². The van der Waals surface area contributed by atoms with Crippen molar-refractivity contribution in [2.45, 2.75) is 45.3 Å². The summed E-state index contributed by atoms with van der Waals surface area (Å²) in [7, 11) is -0.565. The van der Waals surface area contributed by atoms with Gasteiger partial charge in [-0.15, -0.1) is 0 Å². The zero-order valence-corrected chi connectivity index (χ0v) is 8.04. The second-order valence-corrected chi connectivity index (χ2v) is 4.49. The van der Waals surface area contributed by atoms with Crippen LogP contribution in [0.1, 0.15) is 40.0 Å². The highest BCUT2D eigenvalue weighted by Gasteiger charge is 2.10. The van der Waals surface area contributed by atoms with E-state index in [1.807, 2.05) is 6.92 Å². The molecule has 0 aliphatic carbocycles. The van der Waals surface area contributed by atoms with Gasteiger partial charge >= 0.3 is 0 Å². The highest BCUT2D eigenvalue weighted by Crippen LogP contribution is 2.08. The van der Waals surface area contributed by atoms with Crippen LogP contribution in [0.3, 0.4) is 0 Å². The predicted molar refractivity (Wildman–Crippen MR) is 47.7 cm³/mol. The van der Waals surface area contributed by atoms with E-state index in [1.165, 1.54) is 0 Å². The molecule has 0 N–H and O–H groups in total. The van der Waals surface area contributed by atoms with E-state index in [9.17, 15) is 4.21 Å². The van der Waals surface area contributed by atoms with Crippen LogP contribution in [0.5, 0.6) is 0 Å². The third-order valence-corrected chi connectivity index (χ3v) is 3.60. The summed E-state index contributed by atoms with van der Waals surface area (Å²) in [6.07, 6.45) is 3.34. The fourth-order valence-electron chi connectivity index (χ4n) is 1.08.